The van der Waals surface area contributed by atoms with Crippen molar-refractivity contribution in [3.8, 4) is 0 Å². The van der Waals surface area contributed by atoms with Crippen LogP contribution in [0.25, 0.3) is 0 Å². The monoisotopic (exact) mass is 335 g/mol. The van der Waals surface area contributed by atoms with Gasteiger partial charge in [0.15, 0.2) is 0 Å². The number of carbonyl (C=O) groups is 2. The number of hydrogen-bond acceptors (Lipinski definition) is 4. The highest BCUT2D eigenvalue weighted by atomic mass is 35.5. The minimum absolute atomic E-state index is 0. The van der Waals surface area contributed by atoms with Gasteiger partial charge in [-0.3, -0.25) is 9.59 Å². The summed E-state index contributed by atoms with van der Waals surface area (Å²) in [7, 11) is 0. The van der Waals surface area contributed by atoms with Crippen molar-refractivity contribution in [3.05, 3.63) is 0 Å². The van der Waals surface area contributed by atoms with Crippen molar-refractivity contribution in [3.63, 3.8) is 0 Å². The molecule has 2 amide bonds. The minimum Gasteiger partial charge on any atom is -0.350 e. The molecular weight excluding hydrogens is 310 g/mol. The summed E-state index contributed by atoms with van der Waals surface area (Å²) in [6, 6.07) is -0.109. The van der Waals surface area contributed by atoms with Crippen LogP contribution < -0.4 is 10.6 Å². The Labute approximate surface area is 137 Å². The summed E-state index contributed by atoms with van der Waals surface area (Å²) in [5, 5.41) is 6.38. The molecule has 7 heteroatoms. The first-order chi connectivity index (χ1) is 9.39. The highest BCUT2D eigenvalue weighted by Gasteiger charge is 2.39. The smallest absolute Gasteiger partial charge is 0.243 e. The van der Waals surface area contributed by atoms with Gasteiger partial charge in [0, 0.05) is 23.8 Å². The minimum atomic E-state index is -0.435. The van der Waals surface area contributed by atoms with Gasteiger partial charge >= 0.3 is 0 Å². The molecule has 2 N–H and O–H groups in total. The highest BCUT2D eigenvalue weighted by molar-refractivity contribution is 7.99. The van der Waals surface area contributed by atoms with Gasteiger partial charge < -0.3 is 15.5 Å². The highest BCUT2D eigenvalue weighted by Crippen LogP contribution is 2.27. The maximum Gasteiger partial charge on any atom is 0.243 e. The van der Waals surface area contributed by atoms with Gasteiger partial charge in [0.25, 0.3) is 0 Å². The Morgan fingerprint density at radius 1 is 1.33 bits per heavy atom. The predicted molar refractivity (Wildman–Crippen MR) is 88.7 cm³/mol. The lowest BCUT2D eigenvalue weighted by molar-refractivity contribution is -0.144. The molecule has 2 rings (SSSR count). The Hall–Kier alpha value is -0.460. The number of nitrogens with one attached hydrogen (secondary N) is 2. The normalized spacial score (nSPS) is 26.1. The number of carbonyl (C=O) groups excluding carboxylic acids is 2. The number of nitrogens with zero attached hydrogens (tertiary/aromatic N) is 1. The lowest BCUT2D eigenvalue weighted by Gasteiger charge is -2.31. The largest absolute Gasteiger partial charge is 0.350 e. The number of halogens is 1. The van der Waals surface area contributed by atoms with Crippen LogP contribution in [0.4, 0.5) is 0 Å². The molecule has 0 radical (unpaired) electrons. The van der Waals surface area contributed by atoms with E-state index in [1.807, 2.05) is 20.8 Å². The van der Waals surface area contributed by atoms with Crippen LogP contribution in [0.1, 0.15) is 33.6 Å². The summed E-state index contributed by atoms with van der Waals surface area (Å²) in [5.74, 6) is 1.39. The van der Waals surface area contributed by atoms with Crippen molar-refractivity contribution in [2.75, 3.05) is 24.7 Å². The van der Waals surface area contributed by atoms with Crippen LogP contribution in [0, 0.1) is 5.41 Å². The third-order valence-electron chi connectivity index (χ3n) is 3.73. The first-order valence-electron chi connectivity index (χ1n) is 7.29. The van der Waals surface area contributed by atoms with E-state index in [9.17, 15) is 9.59 Å². The Morgan fingerprint density at radius 2 is 2.05 bits per heavy atom. The van der Waals surface area contributed by atoms with Crippen LogP contribution in [0.2, 0.25) is 0 Å². The van der Waals surface area contributed by atoms with E-state index in [0.29, 0.717) is 11.6 Å². The maximum absolute atomic E-state index is 12.4. The molecule has 2 aliphatic heterocycles. The quantitative estimate of drug-likeness (QED) is 0.796. The van der Waals surface area contributed by atoms with E-state index < -0.39 is 5.41 Å². The van der Waals surface area contributed by atoms with Crippen LogP contribution in [0.15, 0.2) is 0 Å². The first kappa shape index (κ1) is 18.6. The van der Waals surface area contributed by atoms with Crippen LogP contribution in [-0.4, -0.2) is 53.5 Å². The van der Waals surface area contributed by atoms with Crippen LogP contribution >= 0.6 is 24.2 Å². The second-order valence-electron chi connectivity index (χ2n) is 6.59. The van der Waals surface area contributed by atoms with E-state index in [1.165, 1.54) is 0 Å². The molecule has 2 unspecified atom stereocenters. The fourth-order valence-corrected chi connectivity index (χ4v) is 3.72. The summed E-state index contributed by atoms with van der Waals surface area (Å²) < 4.78 is 0. The molecule has 21 heavy (non-hydrogen) atoms. The Morgan fingerprint density at radius 3 is 2.62 bits per heavy atom. The van der Waals surface area contributed by atoms with Gasteiger partial charge in [-0.1, -0.05) is 20.8 Å². The number of piperidine rings is 1. The van der Waals surface area contributed by atoms with Gasteiger partial charge in [0.1, 0.15) is 6.04 Å². The Balaban J connectivity index is 0.00000220. The molecule has 2 fully saturated rings. The zero-order valence-electron chi connectivity index (χ0n) is 13.0. The van der Waals surface area contributed by atoms with Crippen molar-refractivity contribution < 1.29 is 9.59 Å². The Bertz CT molecular complexity index is 381. The molecule has 2 heterocycles. The number of rotatable bonds is 2. The zero-order valence-corrected chi connectivity index (χ0v) is 14.6. The lowest BCUT2D eigenvalue weighted by atomic mass is 9.94. The lowest BCUT2D eigenvalue weighted by Crippen LogP contribution is -2.54. The van der Waals surface area contributed by atoms with Crippen LogP contribution in [0.3, 0.4) is 0 Å². The average molecular weight is 336 g/mol. The fourth-order valence-electron chi connectivity index (χ4n) is 2.56. The van der Waals surface area contributed by atoms with Crippen molar-refractivity contribution in [1.29, 1.82) is 0 Å². The van der Waals surface area contributed by atoms with Gasteiger partial charge in [-0.2, -0.15) is 0 Å². The summed E-state index contributed by atoms with van der Waals surface area (Å²) in [6.07, 6.45) is 2.11. The van der Waals surface area contributed by atoms with Crippen LogP contribution in [0.5, 0.6) is 0 Å². The Kier molecular flexibility index (Phi) is 6.81. The second-order valence-corrected chi connectivity index (χ2v) is 7.59. The molecule has 5 nitrogen and oxygen atoms in total. The molecule has 0 bridgehead atoms. The average Bonchev–Trinajstić information content (AvgIpc) is 2.87. The third-order valence-corrected chi connectivity index (χ3v) is 4.74. The number of thioether (sulfide) groups is 1. The van der Waals surface area contributed by atoms with E-state index in [-0.39, 0.29) is 36.3 Å². The maximum atomic E-state index is 12.4. The van der Waals surface area contributed by atoms with E-state index >= 15 is 0 Å². The molecule has 0 aliphatic carbocycles. The molecule has 122 valence electrons. The summed E-state index contributed by atoms with van der Waals surface area (Å²) in [4.78, 5) is 26.5. The van der Waals surface area contributed by atoms with Crippen molar-refractivity contribution in [2.24, 2.45) is 5.41 Å². The molecule has 0 spiro atoms. The van der Waals surface area contributed by atoms with E-state index in [4.69, 9.17) is 0 Å². The van der Waals surface area contributed by atoms with Gasteiger partial charge in [0.2, 0.25) is 11.8 Å². The zero-order chi connectivity index (χ0) is 14.8. The second kappa shape index (κ2) is 7.70. The van der Waals surface area contributed by atoms with Gasteiger partial charge in [-0.25, -0.2) is 0 Å². The van der Waals surface area contributed by atoms with E-state index in [0.717, 1.165) is 25.9 Å². The molecule has 0 saturated carbocycles. The standard InChI is InChI=1S/C14H25N3O2S.ClH/c1-14(2,3)13(19)17-9-20-8-11(17)12(18)16-10-5-4-6-15-7-10;/h10-11,15H,4-9H2,1-3H3,(H,16,18);1H. The molecule has 0 aromatic rings. The molecule has 2 saturated heterocycles. The first-order valence-corrected chi connectivity index (χ1v) is 8.45. The number of amides is 2. The molecule has 2 atom stereocenters. The summed E-state index contributed by atoms with van der Waals surface area (Å²) in [5.41, 5.74) is -0.435. The predicted octanol–water partition coefficient (Wildman–Crippen LogP) is 1.22. The van der Waals surface area contributed by atoms with E-state index in [2.05, 4.69) is 10.6 Å². The molecule has 0 aromatic heterocycles. The van der Waals surface area contributed by atoms with Crippen molar-refractivity contribution in [2.45, 2.75) is 45.7 Å². The molecular formula is C14H26ClN3O2S. The summed E-state index contributed by atoms with van der Waals surface area (Å²) in [6.45, 7) is 7.56. The van der Waals surface area contributed by atoms with E-state index in [1.54, 1.807) is 16.7 Å². The molecule has 0 aromatic carbocycles. The van der Waals surface area contributed by atoms with Crippen LogP contribution in [-0.2, 0) is 9.59 Å². The van der Waals surface area contributed by atoms with Gasteiger partial charge in [-0.05, 0) is 19.4 Å². The number of hydrogen-bond donors (Lipinski definition) is 2. The third kappa shape index (κ3) is 4.76. The van der Waals surface area contributed by atoms with Crippen molar-refractivity contribution in [1.82, 2.24) is 15.5 Å². The fraction of sp³-hybridized carbons (Fsp3) is 0.857. The topological polar surface area (TPSA) is 61.4 Å². The molecule has 2 aliphatic rings. The van der Waals surface area contributed by atoms with Gasteiger partial charge in [0.05, 0.1) is 5.88 Å². The summed E-state index contributed by atoms with van der Waals surface area (Å²) >= 11 is 1.65. The van der Waals surface area contributed by atoms with Gasteiger partial charge in [-0.15, -0.1) is 24.2 Å². The SMILES string of the molecule is CC(C)(C)C(=O)N1CSCC1C(=O)NC1CCCNC1.Cl. The van der Waals surface area contributed by atoms with Crippen molar-refractivity contribution >= 4 is 36.0 Å².